The number of nitrogens with zero attached hydrogens (tertiary/aromatic N) is 2. The zero-order valence-corrected chi connectivity index (χ0v) is 5.36. The predicted molar refractivity (Wildman–Crippen MR) is 30.5 cm³/mol. The fraction of sp³-hybridized carbons (Fsp3) is 1.00. The Kier molecular flexibility index (Phi) is 2.41. The minimum absolute atomic E-state index is 0.459. The maximum Gasteiger partial charge on any atom is 0.312 e. The lowest BCUT2D eigenvalue weighted by Gasteiger charge is -2.22. The Morgan fingerprint density at radius 3 is 2.60 bits per heavy atom. The van der Waals surface area contributed by atoms with Crippen molar-refractivity contribution < 1.29 is 14.8 Å². The minimum Gasteiger partial charge on any atom is -0.379 e. The second-order valence-electron chi connectivity index (χ2n) is 1.85. The van der Waals surface area contributed by atoms with Gasteiger partial charge in [-0.3, -0.25) is 0 Å². The van der Waals surface area contributed by atoms with Crippen LogP contribution in [-0.4, -0.2) is 36.5 Å². The van der Waals surface area contributed by atoms with Crippen molar-refractivity contribution in [1.29, 1.82) is 0 Å². The van der Waals surface area contributed by atoms with Gasteiger partial charge in [0.05, 0.1) is 13.2 Å². The lowest BCUT2D eigenvalue weighted by Crippen LogP contribution is -2.37. The summed E-state index contributed by atoms with van der Waals surface area (Å²) in [5.41, 5.74) is 0. The van der Waals surface area contributed by atoms with Crippen LogP contribution in [0.3, 0.4) is 0 Å². The average molecular weight is 148 g/mol. The van der Waals surface area contributed by atoms with Gasteiger partial charge in [0.25, 0.3) is 0 Å². The minimum atomic E-state index is -0.814. The van der Waals surface area contributed by atoms with Crippen LogP contribution in [0.4, 0.5) is 0 Å². The normalized spacial score (nSPS) is 20.4. The van der Waals surface area contributed by atoms with Crippen LogP contribution in [0.25, 0.3) is 0 Å². The van der Waals surface area contributed by atoms with E-state index in [1.54, 1.807) is 0 Å². The third kappa shape index (κ3) is 2.16. The summed E-state index contributed by atoms with van der Waals surface area (Å²) in [7, 11) is 0. The van der Waals surface area contributed by atoms with E-state index in [2.05, 4.69) is 4.94 Å². The Bertz CT molecular complexity index is 122. The van der Waals surface area contributed by atoms with Crippen molar-refractivity contribution in [1.82, 2.24) is 5.06 Å². The highest BCUT2D eigenvalue weighted by molar-refractivity contribution is 4.49. The number of ether oxygens (including phenoxy) is 1. The van der Waals surface area contributed by atoms with Gasteiger partial charge in [0.1, 0.15) is 0 Å². The molecular formula is C4H8N2O4. The number of hydrogen-bond acceptors (Lipinski definition) is 5. The van der Waals surface area contributed by atoms with Crippen LogP contribution >= 0.6 is 0 Å². The second kappa shape index (κ2) is 3.33. The first kappa shape index (κ1) is 7.23. The van der Waals surface area contributed by atoms with Crippen molar-refractivity contribution in [3.05, 3.63) is 10.1 Å². The summed E-state index contributed by atoms with van der Waals surface area (Å²) in [4.78, 5) is 13.9. The van der Waals surface area contributed by atoms with Crippen molar-refractivity contribution in [3.63, 3.8) is 0 Å². The molecule has 0 bridgehead atoms. The molecule has 0 aromatic carbocycles. The molecule has 0 atom stereocenters. The van der Waals surface area contributed by atoms with Crippen LogP contribution in [0.15, 0.2) is 0 Å². The molecule has 1 saturated heterocycles. The standard InChI is InChI=1S/C4H8N2O4/c7-6(8)10-5-1-3-9-4-2-5/h1-4H2. The Hall–Kier alpha value is -0.880. The van der Waals surface area contributed by atoms with E-state index in [1.807, 2.05) is 0 Å². The molecule has 1 rings (SSSR count). The molecule has 6 nitrogen and oxygen atoms in total. The van der Waals surface area contributed by atoms with Crippen LogP contribution in [-0.2, 0) is 9.68 Å². The molecule has 0 amide bonds. The van der Waals surface area contributed by atoms with E-state index in [0.717, 1.165) is 0 Å². The first-order valence-electron chi connectivity index (χ1n) is 2.94. The van der Waals surface area contributed by atoms with Crippen molar-refractivity contribution in [3.8, 4) is 0 Å². The van der Waals surface area contributed by atoms with Gasteiger partial charge in [-0.1, -0.05) is 0 Å². The molecule has 0 unspecified atom stereocenters. The fourth-order valence-electron chi connectivity index (χ4n) is 0.723. The van der Waals surface area contributed by atoms with E-state index in [-0.39, 0.29) is 0 Å². The molecule has 1 aliphatic heterocycles. The maximum absolute atomic E-state index is 9.77. The molecule has 0 aliphatic carbocycles. The van der Waals surface area contributed by atoms with Gasteiger partial charge < -0.3 is 4.74 Å². The van der Waals surface area contributed by atoms with Gasteiger partial charge >= 0.3 is 5.09 Å². The van der Waals surface area contributed by atoms with E-state index >= 15 is 0 Å². The molecule has 0 aromatic heterocycles. The van der Waals surface area contributed by atoms with Crippen LogP contribution in [0, 0.1) is 10.1 Å². The van der Waals surface area contributed by atoms with Crippen LogP contribution < -0.4 is 0 Å². The molecule has 58 valence electrons. The van der Waals surface area contributed by atoms with Gasteiger partial charge in [-0.2, -0.15) is 0 Å². The smallest absolute Gasteiger partial charge is 0.312 e. The summed E-state index contributed by atoms with van der Waals surface area (Å²) < 4.78 is 4.94. The van der Waals surface area contributed by atoms with Crippen molar-refractivity contribution in [2.24, 2.45) is 0 Å². The lowest BCUT2D eigenvalue weighted by molar-refractivity contribution is -0.811. The second-order valence-corrected chi connectivity index (χ2v) is 1.85. The SMILES string of the molecule is O=[N+]([O-])ON1CCOCC1. The van der Waals surface area contributed by atoms with Gasteiger partial charge in [-0.15, -0.1) is 15.2 Å². The number of hydrogen-bond donors (Lipinski definition) is 0. The molecule has 0 saturated carbocycles. The number of rotatable bonds is 2. The molecule has 1 fully saturated rings. The molecule has 0 radical (unpaired) electrons. The Balaban J connectivity index is 2.19. The van der Waals surface area contributed by atoms with E-state index < -0.39 is 5.09 Å². The van der Waals surface area contributed by atoms with Crippen molar-refractivity contribution in [2.45, 2.75) is 0 Å². The van der Waals surface area contributed by atoms with Gasteiger partial charge in [-0.05, 0) is 0 Å². The Labute approximate surface area is 57.4 Å². The van der Waals surface area contributed by atoms with E-state index in [0.29, 0.717) is 26.3 Å². The fourth-order valence-corrected chi connectivity index (χ4v) is 0.723. The molecular weight excluding hydrogens is 140 g/mol. The van der Waals surface area contributed by atoms with Crippen molar-refractivity contribution >= 4 is 0 Å². The topological polar surface area (TPSA) is 64.8 Å². The number of hydroxylamine groups is 2. The van der Waals surface area contributed by atoms with Gasteiger partial charge in [0.2, 0.25) is 0 Å². The largest absolute Gasteiger partial charge is 0.379 e. The predicted octanol–water partition coefficient (Wildman–Crippen LogP) is -0.558. The Morgan fingerprint density at radius 2 is 2.10 bits per heavy atom. The van der Waals surface area contributed by atoms with Crippen molar-refractivity contribution in [2.75, 3.05) is 26.3 Å². The lowest BCUT2D eigenvalue weighted by atomic mass is 10.5. The first-order valence-corrected chi connectivity index (χ1v) is 2.94. The van der Waals surface area contributed by atoms with Gasteiger partial charge in [0, 0.05) is 13.1 Å². The monoisotopic (exact) mass is 148 g/mol. The molecule has 0 spiro atoms. The number of morpholine rings is 1. The highest BCUT2D eigenvalue weighted by Crippen LogP contribution is 1.96. The summed E-state index contributed by atoms with van der Waals surface area (Å²) in [6, 6.07) is 0. The van der Waals surface area contributed by atoms with Crippen LogP contribution in [0.5, 0.6) is 0 Å². The first-order chi connectivity index (χ1) is 4.79. The zero-order chi connectivity index (χ0) is 7.40. The summed E-state index contributed by atoms with van der Waals surface area (Å²) in [6.07, 6.45) is 0. The summed E-state index contributed by atoms with van der Waals surface area (Å²) >= 11 is 0. The quantitative estimate of drug-likeness (QED) is 0.388. The molecule has 10 heavy (non-hydrogen) atoms. The summed E-state index contributed by atoms with van der Waals surface area (Å²) in [5, 5.41) is 10.2. The van der Waals surface area contributed by atoms with Gasteiger partial charge in [-0.25, -0.2) is 4.94 Å². The molecule has 0 aromatic rings. The molecule has 1 heterocycles. The summed E-state index contributed by atoms with van der Waals surface area (Å²) in [6.45, 7) is 1.91. The Morgan fingerprint density at radius 1 is 1.50 bits per heavy atom. The van der Waals surface area contributed by atoms with Gasteiger partial charge in [0.15, 0.2) is 0 Å². The third-order valence-corrected chi connectivity index (χ3v) is 1.15. The van der Waals surface area contributed by atoms with E-state index in [9.17, 15) is 10.1 Å². The molecule has 1 aliphatic rings. The van der Waals surface area contributed by atoms with Crippen LogP contribution in [0.2, 0.25) is 0 Å². The maximum atomic E-state index is 9.77. The zero-order valence-electron chi connectivity index (χ0n) is 5.36. The average Bonchev–Trinajstić information content (AvgIpc) is 1.88. The van der Waals surface area contributed by atoms with E-state index in [1.165, 1.54) is 5.06 Å². The molecule has 6 heteroatoms. The summed E-state index contributed by atoms with van der Waals surface area (Å²) in [5.74, 6) is 0. The highest BCUT2D eigenvalue weighted by Gasteiger charge is 2.12. The third-order valence-electron chi connectivity index (χ3n) is 1.15. The highest BCUT2D eigenvalue weighted by atomic mass is 17.0. The van der Waals surface area contributed by atoms with Crippen LogP contribution in [0.1, 0.15) is 0 Å². The van der Waals surface area contributed by atoms with E-state index in [4.69, 9.17) is 4.74 Å². The molecule has 0 N–H and O–H groups in total.